The van der Waals surface area contributed by atoms with Crippen LogP contribution in [0.4, 0.5) is 10.1 Å². The van der Waals surface area contributed by atoms with Crippen molar-refractivity contribution in [3.8, 4) is 0 Å². The van der Waals surface area contributed by atoms with E-state index in [0.29, 0.717) is 30.9 Å². The molecule has 1 aromatic carbocycles. The van der Waals surface area contributed by atoms with Crippen LogP contribution in [-0.4, -0.2) is 32.8 Å². The third kappa shape index (κ3) is 2.71. The molecule has 2 aromatic heterocycles. The molecule has 0 saturated carbocycles. The predicted octanol–water partition coefficient (Wildman–Crippen LogP) is 2.79. The number of fused-ring (bicyclic) bond motifs is 3. The number of benzene rings is 1. The van der Waals surface area contributed by atoms with Crippen molar-refractivity contribution in [3.05, 3.63) is 59.7 Å². The van der Waals surface area contributed by atoms with Crippen LogP contribution in [0.15, 0.2) is 42.6 Å². The summed E-state index contributed by atoms with van der Waals surface area (Å²) in [6.07, 6.45) is 1.68. The number of nitrogens with one attached hydrogen (secondary N) is 1. The molecule has 26 heavy (non-hydrogen) atoms. The van der Waals surface area contributed by atoms with Crippen LogP contribution >= 0.6 is 0 Å². The lowest BCUT2D eigenvalue weighted by atomic mass is 10.1. The molecule has 0 aliphatic carbocycles. The van der Waals surface area contributed by atoms with E-state index in [9.17, 15) is 14.0 Å². The molecule has 1 N–H and O–H groups in total. The Kier molecular flexibility index (Phi) is 3.91. The van der Waals surface area contributed by atoms with E-state index < -0.39 is 5.82 Å². The van der Waals surface area contributed by atoms with E-state index in [4.69, 9.17) is 0 Å². The average Bonchev–Trinajstić information content (AvgIpc) is 2.95. The van der Waals surface area contributed by atoms with Gasteiger partial charge < -0.3 is 14.8 Å². The zero-order valence-electron chi connectivity index (χ0n) is 14.2. The molecule has 132 valence electrons. The Balaban J connectivity index is 1.80. The largest absolute Gasteiger partial charge is 0.335 e. The Morgan fingerprint density at radius 2 is 2.04 bits per heavy atom. The monoisotopic (exact) mass is 352 g/mol. The van der Waals surface area contributed by atoms with Crippen molar-refractivity contribution in [1.29, 1.82) is 0 Å². The second-order valence-electron chi connectivity index (χ2n) is 6.25. The van der Waals surface area contributed by atoms with Crippen LogP contribution in [0, 0.1) is 5.82 Å². The van der Waals surface area contributed by atoms with Crippen molar-refractivity contribution in [2.45, 2.75) is 20.0 Å². The van der Waals surface area contributed by atoms with E-state index in [0.717, 1.165) is 16.7 Å². The molecule has 0 bridgehead atoms. The van der Waals surface area contributed by atoms with Crippen molar-refractivity contribution in [3.63, 3.8) is 0 Å². The van der Waals surface area contributed by atoms with Crippen LogP contribution in [0.3, 0.4) is 0 Å². The van der Waals surface area contributed by atoms with Gasteiger partial charge >= 0.3 is 0 Å². The number of rotatable bonds is 2. The van der Waals surface area contributed by atoms with Gasteiger partial charge in [-0.15, -0.1) is 0 Å². The van der Waals surface area contributed by atoms with Gasteiger partial charge in [0.15, 0.2) is 0 Å². The van der Waals surface area contributed by atoms with Crippen LogP contribution < -0.4 is 5.32 Å². The number of anilines is 1. The summed E-state index contributed by atoms with van der Waals surface area (Å²) in [6, 6.07) is 9.37. The fourth-order valence-electron chi connectivity index (χ4n) is 3.39. The van der Waals surface area contributed by atoms with Crippen LogP contribution in [0.2, 0.25) is 0 Å². The number of nitrogens with zero attached hydrogens (tertiary/aromatic N) is 3. The van der Waals surface area contributed by atoms with Crippen molar-refractivity contribution in [1.82, 2.24) is 14.5 Å². The smallest absolute Gasteiger partial charge is 0.258 e. The fraction of sp³-hybridized carbons (Fsp3) is 0.211. The van der Waals surface area contributed by atoms with Crippen molar-refractivity contribution in [2.24, 2.45) is 0 Å². The molecule has 3 aromatic rings. The van der Waals surface area contributed by atoms with E-state index in [2.05, 4.69) is 10.3 Å². The summed E-state index contributed by atoms with van der Waals surface area (Å²) in [5.74, 6) is -0.797. The molecule has 0 spiro atoms. The van der Waals surface area contributed by atoms with Gasteiger partial charge in [-0.1, -0.05) is 6.07 Å². The molecule has 1 aliphatic rings. The minimum Gasteiger partial charge on any atom is -0.335 e. The maximum atomic E-state index is 13.4. The molecule has 0 saturated heterocycles. The lowest BCUT2D eigenvalue weighted by Gasteiger charge is -2.28. The van der Waals surface area contributed by atoms with Gasteiger partial charge in [-0.2, -0.15) is 0 Å². The number of carbonyl (C=O) groups is 2. The number of amides is 2. The van der Waals surface area contributed by atoms with E-state index in [1.807, 2.05) is 10.6 Å². The highest BCUT2D eigenvalue weighted by molar-refractivity contribution is 6.13. The van der Waals surface area contributed by atoms with E-state index in [1.165, 1.54) is 25.1 Å². The van der Waals surface area contributed by atoms with Gasteiger partial charge in [0, 0.05) is 37.3 Å². The number of aromatic nitrogens is 2. The highest BCUT2D eigenvalue weighted by Gasteiger charge is 2.28. The summed E-state index contributed by atoms with van der Waals surface area (Å²) in [5.41, 5.74) is 2.32. The Bertz CT molecular complexity index is 1030. The fourth-order valence-corrected chi connectivity index (χ4v) is 3.39. The van der Waals surface area contributed by atoms with Gasteiger partial charge in [-0.05, 0) is 30.3 Å². The molecule has 6 nitrogen and oxygen atoms in total. The highest BCUT2D eigenvalue weighted by atomic mass is 19.1. The maximum absolute atomic E-state index is 13.4. The molecule has 7 heteroatoms. The summed E-state index contributed by atoms with van der Waals surface area (Å²) in [7, 11) is 0. The predicted molar refractivity (Wildman–Crippen MR) is 95.2 cm³/mol. The van der Waals surface area contributed by atoms with Crippen LogP contribution in [0.1, 0.15) is 23.0 Å². The number of hydrogen-bond acceptors (Lipinski definition) is 3. The number of pyridine rings is 1. The molecular formula is C19H17FN4O2. The number of hydrogen-bond donors (Lipinski definition) is 1. The summed E-state index contributed by atoms with van der Waals surface area (Å²) < 4.78 is 15.4. The first-order chi connectivity index (χ1) is 12.5. The Hall–Kier alpha value is -3.22. The lowest BCUT2D eigenvalue weighted by molar-refractivity contribution is -0.130. The lowest BCUT2D eigenvalue weighted by Crippen LogP contribution is -2.37. The topological polar surface area (TPSA) is 67.2 Å². The Morgan fingerprint density at radius 1 is 1.19 bits per heavy atom. The first-order valence-corrected chi connectivity index (χ1v) is 8.33. The quantitative estimate of drug-likeness (QED) is 0.771. The minimum atomic E-state index is -0.420. The first-order valence-electron chi connectivity index (χ1n) is 8.33. The normalized spacial score (nSPS) is 13.5. The summed E-state index contributed by atoms with van der Waals surface area (Å²) in [6.45, 7) is 3.02. The van der Waals surface area contributed by atoms with Gasteiger partial charge in [0.05, 0.1) is 17.8 Å². The highest BCUT2D eigenvalue weighted by Crippen LogP contribution is 2.29. The SMILES string of the molecule is CC(=O)N1CCn2c(c(C(=O)Nc3cccc(F)c3)c3cccnc32)C1. The van der Waals surface area contributed by atoms with Gasteiger partial charge in [-0.25, -0.2) is 9.37 Å². The molecule has 0 radical (unpaired) electrons. The zero-order chi connectivity index (χ0) is 18.3. The number of carbonyl (C=O) groups excluding carboxylic acids is 2. The molecule has 1 aliphatic heterocycles. The molecule has 0 fully saturated rings. The van der Waals surface area contributed by atoms with Gasteiger partial charge in [0.1, 0.15) is 11.5 Å². The summed E-state index contributed by atoms with van der Waals surface area (Å²) >= 11 is 0. The average molecular weight is 352 g/mol. The molecule has 4 rings (SSSR count). The van der Waals surface area contributed by atoms with Crippen LogP contribution in [-0.2, 0) is 17.9 Å². The summed E-state index contributed by atoms with van der Waals surface area (Å²) in [4.78, 5) is 30.9. The molecule has 3 heterocycles. The van der Waals surface area contributed by atoms with Gasteiger partial charge in [-0.3, -0.25) is 9.59 Å². The van der Waals surface area contributed by atoms with Gasteiger partial charge in [0.2, 0.25) is 5.91 Å². The number of halogens is 1. The van der Waals surface area contributed by atoms with Crippen molar-refractivity contribution >= 4 is 28.5 Å². The first kappa shape index (κ1) is 16.3. The Morgan fingerprint density at radius 3 is 2.81 bits per heavy atom. The third-order valence-electron chi connectivity index (χ3n) is 4.62. The third-order valence-corrected chi connectivity index (χ3v) is 4.62. The van der Waals surface area contributed by atoms with E-state index >= 15 is 0 Å². The zero-order valence-corrected chi connectivity index (χ0v) is 14.2. The summed E-state index contributed by atoms with van der Waals surface area (Å²) in [5, 5.41) is 3.47. The standard InChI is InChI=1S/C19H17FN4O2/c1-12(25)23-8-9-24-16(11-23)17(15-6-3-7-21-18(15)24)19(26)22-14-5-2-4-13(20)10-14/h2-7,10H,8-9,11H2,1H3,(H,22,26). The van der Waals surface area contributed by atoms with Crippen molar-refractivity contribution in [2.75, 3.05) is 11.9 Å². The van der Waals surface area contributed by atoms with Crippen LogP contribution in [0.25, 0.3) is 11.0 Å². The Labute approximate surface area is 149 Å². The second kappa shape index (κ2) is 6.25. The van der Waals surface area contributed by atoms with E-state index in [1.54, 1.807) is 23.2 Å². The molecule has 0 unspecified atom stereocenters. The molecular weight excluding hydrogens is 335 g/mol. The van der Waals surface area contributed by atoms with Crippen LogP contribution in [0.5, 0.6) is 0 Å². The van der Waals surface area contributed by atoms with Crippen molar-refractivity contribution < 1.29 is 14.0 Å². The molecule has 2 amide bonds. The maximum Gasteiger partial charge on any atom is 0.258 e. The van der Waals surface area contributed by atoms with Gasteiger partial charge in [0.25, 0.3) is 5.91 Å². The second-order valence-corrected chi connectivity index (χ2v) is 6.25. The van der Waals surface area contributed by atoms with E-state index in [-0.39, 0.29) is 11.8 Å². The minimum absolute atomic E-state index is 0.0362. The molecule has 0 atom stereocenters.